The topological polar surface area (TPSA) is 133 Å². The second-order valence-electron chi connectivity index (χ2n) is 10.6. The number of fused-ring (bicyclic) bond motifs is 1. The molecule has 0 spiro atoms. The van der Waals surface area contributed by atoms with Gasteiger partial charge in [0.2, 0.25) is 16.9 Å². The van der Waals surface area contributed by atoms with Crippen molar-refractivity contribution in [2.45, 2.75) is 50.0 Å². The summed E-state index contributed by atoms with van der Waals surface area (Å²) in [5.41, 5.74) is -0.848. The molecular weight excluding hydrogens is 598 g/mol. The van der Waals surface area contributed by atoms with Gasteiger partial charge in [0, 0.05) is 43.3 Å². The highest BCUT2D eigenvalue weighted by Gasteiger charge is 2.44. The van der Waals surface area contributed by atoms with E-state index in [-0.39, 0.29) is 42.8 Å². The maximum absolute atomic E-state index is 13.6. The van der Waals surface area contributed by atoms with Gasteiger partial charge in [0.25, 0.3) is 10.0 Å². The van der Waals surface area contributed by atoms with Crippen molar-refractivity contribution in [2.75, 3.05) is 24.5 Å². The van der Waals surface area contributed by atoms with Crippen LogP contribution in [0.1, 0.15) is 32.3 Å². The number of hydrogen-bond donors (Lipinski definition) is 1. The predicted octanol–water partition coefficient (Wildman–Crippen LogP) is 3.75. The van der Waals surface area contributed by atoms with Gasteiger partial charge in [0.05, 0.1) is 11.5 Å². The molecule has 4 amide bonds. The first-order chi connectivity index (χ1) is 20.2. The maximum atomic E-state index is 13.6. The smallest absolute Gasteiger partial charge is 0.417 e. The van der Waals surface area contributed by atoms with Gasteiger partial charge in [-0.25, -0.2) is 22.6 Å². The van der Waals surface area contributed by atoms with E-state index in [4.69, 9.17) is 4.42 Å². The number of sulfonamides is 1. The molecule has 0 aliphatic carbocycles. The Hall–Kier alpha value is -4.05. The normalized spacial score (nSPS) is 20.4. The minimum atomic E-state index is -4.63. The summed E-state index contributed by atoms with van der Waals surface area (Å²) in [6.07, 6.45) is -3.48. The number of rotatable bonds is 7. The third-order valence-electron chi connectivity index (χ3n) is 7.34. The van der Waals surface area contributed by atoms with Gasteiger partial charge in [0.15, 0.2) is 0 Å². The zero-order chi connectivity index (χ0) is 31.3. The number of nitrogens with one attached hydrogen (secondary N) is 1. The first-order valence-electron chi connectivity index (χ1n) is 13.3. The van der Waals surface area contributed by atoms with Crippen molar-refractivity contribution in [1.82, 2.24) is 19.5 Å². The molecule has 5 rings (SSSR count). The summed E-state index contributed by atoms with van der Waals surface area (Å²) in [6, 6.07) is 4.04. The molecule has 2 fully saturated rings. The van der Waals surface area contributed by atoms with Crippen molar-refractivity contribution in [1.29, 1.82) is 0 Å². The summed E-state index contributed by atoms with van der Waals surface area (Å²) < 4.78 is 85.8. The van der Waals surface area contributed by atoms with Gasteiger partial charge in [-0.2, -0.15) is 17.5 Å². The zero-order valence-electron chi connectivity index (χ0n) is 23.0. The minimum absolute atomic E-state index is 0.0250. The predicted molar refractivity (Wildman–Crippen MR) is 144 cm³/mol. The van der Waals surface area contributed by atoms with Crippen molar-refractivity contribution >= 4 is 44.7 Å². The van der Waals surface area contributed by atoms with Crippen LogP contribution in [0.4, 0.5) is 28.2 Å². The molecule has 4 heterocycles. The highest BCUT2D eigenvalue weighted by atomic mass is 32.2. The van der Waals surface area contributed by atoms with E-state index in [1.165, 1.54) is 12.1 Å². The molecule has 0 saturated carbocycles. The average Bonchev–Trinajstić information content (AvgIpc) is 3.60. The lowest BCUT2D eigenvalue weighted by Crippen LogP contribution is -2.61. The van der Waals surface area contributed by atoms with Crippen molar-refractivity contribution < 1.29 is 44.8 Å². The molecule has 1 N–H and O–H groups in total. The van der Waals surface area contributed by atoms with E-state index >= 15 is 0 Å². The molecule has 0 bridgehead atoms. The summed E-state index contributed by atoms with van der Waals surface area (Å²) in [5, 5.41) is 2.41. The van der Waals surface area contributed by atoms with Crippen LogP contribution in [0.25, 0.3) is 11.0 Å². The molecular formula is C27H27F4N5O6S. The van der Waals surface area contributed by atoms with Crippen LogP contribution in [0, 0.1) is 11.7 Å². The van der Waals surface area contributed by atoms with E-state index in [0.29, 0.717) is 12.6 Å². The molecule has 3 aromatic rings. The number of aromatic nitrogens is 1. The number of halogens is 4. The van der Waals surface area contributed by atoms with Crippen LogP contribution in [-0.4, -0.2) is 72.2 Å². The molecule has 2 aliphatic heterocycles. The molecule has 16 heteroatoms. The summed E-state index contributed by atoms with van der Waals surface area (Å²) >= 11 is 0. The fraction of sp³-hybridized carbons (Fsp3) is 0.407. The van der Waals surface area contributed by atoms with Crippen LogP contribution < -0.4 is 10.2 Å². The van der Waals surface area contributed by atoms with Gasteiger partial charge in [-0.3, -0.25) is 19.4 Å². The maximum Gasteiger partial charge on any atom is 0.417 e. The number of furan rings is 1. The molecule has 2 aliphatic rings. The Balaban J connectivity index is 1.32. The molecule has 230 valence electrons. The van der Waals surface area contributed by atoms with Crippen LogP contribution in [0.3, 0.4) is 0 Å². The number of benzene rings is 1. The van der Waals surface area contributed by atoms with E-state index in [1.807, 2.05) is 0 Å². The van der Waals surface area contributed by atoms with Crippen molar-refractivity contribution in [3.8, 4) is 0 Å². The van der Waals surface area contributed by atoms with E-state index in [0.717, 1.165) is 38.4 Å². The standard InChI is InChI=1S/C27H27F4N5O6S/c1-15(2)36-25(38)17(14-34(26(36)39)22-8-5-18(13-32-22)27(29,30)31)12-33-24(37)20-4-3-9-35(20)43(40,41)23-11-16-10-19(28)6-7-21(16)42-23/h5-8,10-11,13,15,17,20H,3-4,9,12,14H2,1-2H3,(H,33,37)/t17?,20-/m0/s1. The van der Waals surface area contributed by atoms with Crippen molar-refractivity contribution in [3.05, 3.63) is 54.0 Å². The average molecular weight is 626 g/mol. The first-order valence-corrected chi connectivity index (χ1v) is 14.8. The largest absolute Gasteiger partial charge is 0.443 e. The molecule has 0 radical (unpaired) electrons. The van der Waals surface area contributed by atoms with Crippen LogP contribution in [0.2, 0.25) is 0 Å². The summed E-state index contributed by atoms with van der Waals surface area (Å²) in [6.45, 7) is 2.64. The number of urea groups is 1. The highest BCUT2D eigenvalue weighted by Crippen LogP contribution is 2.32. The molecule has 2 aromatic heterocycles. The lowest BCUT2D eigenvalue weighted by molar-refractivity contribution is -0.138. The number of nitrogens with zero attached hydrogens (tertiary/aromatic N) is 4. The van der Waals surface area contributed by atoms with Gasteiger partial charge in [-0.1, -0.05) is 0 Å². The molecule has 43 heavy (non-hydrogen) atoms. The summed E-state index contributed by atoms with van der Waals surface area (Å²) in [4.78, 5) is 45.3. The third kappa shape index (κ3) is 5.80. The van der Waals surface area contributed by atoms with Gasteiger partial charge >= 0.3 is 12.2 Å². The van der Waals surface area contributed by atoms with Gasteiger partial charge in [-0.15, -0.1) is 0 Å². The van der Waals surface area contributed by atoms with Crippen LogP contribution in [-0.2, 0) is 25.8 Å². The van der Waals surface area contributed by atoms with E-state index in [2.05, 4.69) is 10.3 Å². The summed E-state index contributed by atoms with van der Waals surface area (Å²) in [7, 11) is -4.28. The Morgan fingerprint density at radius 1 is 1.16 bits per heavy atom. The second kappa shape index (κ2) is 11.2. The Labute approximate surface area is 243 Å². The number of anilines is 1. The first kappa shape index (κ1) is 30.4. The van der Waals surface area contributed by atoms with Gasteiger partial charge in [0.1, 0.15) is 23.3 Å². The number of alkyl halides is 3. The van der Waals surface area contributed by atoms with Crippen molar-refractivity contribution in [3.63, 3.8) is 0 Å². The monoisotopic (exact) mass is 625 g/mol. The number of imide groups is 1. The second-order valence-corrected chi connectivity index (χ2v) is 12.4. The third-order valence-corrected chi connectivity index (χ3v) is 9.11. The van der Waals surface area contributed by atoms with Crippen molar-refractivity contribution in [2.24, 2.45) is 5.92 Å². The molecule has 2 atom stereocenters. The summed E-state index contributed by atoms with van der Waals surface area (Å²) in [5.74, 6) is -2.95. The number of carbonyl (C=O) groups is 3. The SMILES string of the molecule is CC(C)N1C(=O)C(CNC(=O)[C@@H]2CCCN2S(=O)(=O)c2cc3cc(F)ccc3o2)CN(c2ccc(C(F)(F)F)cn2)C1=O. The zero-order valence-corrected chi connectivity index (χ0v) is 23.8. The number of hydrogen-bond acceptors (Lipinski definition) is 7. The van der Waals surface area contributed by atoms with E-state index < -0.39 is 68.5 Å². The minimum Gasteiger partial charge on any atom is -0.443 e. The van der Waals surface area contributed by atoms with Gasteiger partial charge < -0.3 is 9.73 Å². The lowest BCUT2D eigenvalue weighted by atomic mass is 10.0. The quantitative estimate of drug-likeness (QED) is 0.396. The van der Waals surface area contributed by atoms with Crippen LogP contribution in [0.5, 0.6) is 0 Å². The number of carbonyl (C=O) groups excluding carboxylic acids is 3. The Morgan fingerprint density at radius 3 is 2.56 bits per heavy atom. The van der Waals surface area contributed by atoms with E-state index in [1.54, 1.807) is 13.8 Å². The van der Waals surface area contributed by atoms with Crippen LogP contribution >= 0.6 is 0 Å². The molecule has 1 aromatic carbocycles. The van der Waals surface area contributed by atoms with Gasteiger partial charge in [-0.05, 0) is 57.0 Å². The Bertz CT molecular complexity index is 1670. The fourth-order valence-corrected chi connectivity index (χ4v) is 6.80. The number of amides is 4. The number of pyridine rings is 1. The molecule has 11 nitrogen and oxygen atoms in total. The lowest BCUT2D eigenvalue weighted by Gasteiger charge is -2.40. The van der Waals surface area contributed by atoms with E-state index in [9.17, 15) is 40.4 Å². The highest BCUT2D eigenvalue weighted by molar-refractivity contribution is 7.89. The fourth-order valence-electron chi connectivity index (χ4n) is 5.19. The van der Waals surface area contributed by atoms with Crippen LogP contribution in [0.15, 0.2) is 52.1 Å². The Morgan fingerprint density at radius 2 is 1.91 bits per heavy atom. The molecule has 1 unspecified atom stereocenters. The molecule has 2 saturated heterocycles. The Kier molecular flexibility index (Phi) is 7.94.